The Morgan fingerprint density at radius 2 is 2.14 bits per heavy atom. The molecular weight excluding hydrogens is 291 g/mol. The molecule has 0 aliphatic rings. The van der Waals surface area contributed by atoms with Crippen LogP contribution in [0.1, 0.15) is 30.3 Å². The maximum Gasteiger partial charge on any atom is 0.326 e. The number of carboxylic acids is 1. The quantitative estimate of drug-likeness (QED) is 0.510. The fourth-order valence-electron chi connectivity index (χ4n) is 1.59. The molecule has 1 rings (SSSR count). The molecule has 116 valence electrons. The number of carbonyl (C=O) groups is 3. The van der Waals surface area contributed by atoms with Gasteiger partial charge in [0.15, 0.2) is 17.4 Å². The van der Waals surface area contributed by atoms with Gasteiger partial charge in [-0.15, -0.1) is 0 Å². The Hall–Kier alpha value is -1.69. The smallest absolute Gasteiger partial charge is 0.326 e. The molecular formula is C12H21AlN4O4. The van der Waals surface area contributed by atoms with Crippen molar-refractivity contribution in [1.29, 1.82) is 0 Å². The summed E-state index contributed by atoms with van der Waals surface area (Å²) in [6.07, 6.45) is 3.20. The highest BCUT2D eigenvalue weighted by Gasteiger charge is 2.21. The second kappa shape index (κ2) is 9.29. The molecule has 8 nitrogen and oxygen atoms in total. The number of hydrogen-bond donors (Lipinski definition) is 3. The van der Waals surface area contributed by atoms with Crippen LogP contribution in [0.25, 0.3) is 0 Å². The number of nitrogens with zero attached hydrogens (tertiary/aromatic N) is 2. The molecule has 0 aromatic carbocycles. The van der Waals surface area contributed by atoms with E-state index in [-0.39, 0.29) is 42.7 Å². The van der Waals surface area contributed by atoms with Crippen molar-refractivity contribution in [3.05, 3.63) is 18.2 Å². The number of amides is 1. The molecule has 0 saturated heterocycles. The van der Waals surface area contributed by atoms with Gasteiger partial charge in [0, 0.05) is 32.0 Å². The number of carbonyl (C=O) groups excluding carboxylic acids is 2. The Labute approximate surface area is 132 Å². The van der Waals surface area contributed by atoms with E-state index < -0.39 is 17.9 Å². The van der Waals surface area contributed by atoms with Gasteiger partial charge in [-0.3, -0.25) is 14.2 Å². The topological polar surface area (TPSA) is 127 Å². The summed E-state index contributed by atoms with van der Waals surface area (Å²) < 4.78 is 1.30. The zero-order valence-electron chi connectivity index (χ0n) is 11.2. The molecule has 9 heteroatoms. The fraction of sp³-hybridized carbons (Fsp3) is 0.500. The molecule has 1 amide bonds. The van der Waals surface area contributed by atoms with Crippen molar-refractivity contribution >= 4 is 35.1 Å². The summed E-state index contributed by atoms with van der Waals surface area (Å²) in [6.45, 7) is 1.87. The van der Waals surface area contributed by atoms with Crippen molar-refractivity contribution in [1.82, 2.24) is 14.9 Å². The summed E-state index contributed by atoms with van der Waals surface area (Å²) in [4.78, 5) is 37.9. The molecule has 21 heavy (non-hydrogen) atoms. The molecule has 0 saturated carbocycles. The summed E-state index contributed by atoms with van der Waals surface area (Å²) in [5, 5.41) is 11.4. The molecule has 0 aliphatic heterocycles. The average Bonchev–Trinajstić information content (AvgIpc) is 2.85. The molecule has 4 N–H and O–H groups in total. The molecule has 0 aliphatic carbocycles. The molecule has 0 fully saturated rings. The Balaban J connectivity index is 0.00000400. The zero-order chi connectivity index (χ0) is 15.1. The van der Waals surface area contributed by atoms with Crippen LogP contribution in [0, 0.1) is 0 Å². The van der Waals surface area contributed by atoms with E-state index in [1.165, 1.54) is 17.1 Å². The molecule has 0 radical (unpaired) electrons. The molecule has 0 spiro atoms. The third kappa shape index (κ3) is 6.08. The SMILES string of the molecule is CCC(=O)n1cnc(C[C@H](NC(=O)CCN)C(=O)O)c1.[AlH3]. The second-order valence-corrected chi connectivity index (χ2v) is 4.22. The van der Waals surface area contributed by atoms with Crippen molar-refractivity contribution in [3.63, 3.8) is 0 Å². The van der Waals surface area contributed by atoms with E-state index in [4.69, 9.17) is 10.8 Å². The van der Waals surface area contributed by atoms with Crippen molar-refractivity contribution in [2.24, 2.45) is 5.73 Å². The molecule has 1 aromatic rings. The Kier molecular flexibility index (Phi) is 8.54. The predicted molar refractivity (Wildman–Crippen MR) is 80.0 cm³/mol. The van der Waals surface area contributed by atoms with Crippen molar-refractivity contribution in [2.75, 3.05) is 6.54 Å². The van der Waals surface area contributed by atoms with Gasteiger partial charge in [0.25, 0.3) is 0 Å². The third-order valence-corrected chi connectivity index (χ3v) is 2.64. The lowest BCUT2D eigenvalue weighted by atomic mass is 10.1. The number of rotatable bonds is 7. The van der Waals surface area contributed by atoms with Crippen LogP contribution in [-0.4, -0.2) is 62.4 Å². The number of nitrogens with one attached hydrogen (secondary N) is 1. The maximum absolute atomic E-state index is 11.4. The minimum absolute atomic E-state index is 0. The number of hydrogen-bond acceptors (Lipinski definition) is 5. The van der Waals surface area contributed by atoms with Crippen molar-refractivity contribution < 1.29 is 19.5 Å². The van der Waals surface area contributed by atoms with Gasteiger partial charge in [-0.2, -0.15) is 0 Å². The second-order valence-electron chi connectivity index (χ2n) is 4.22. The first-order valence-corrected chi connectivity index (χ1v) is 6.26. The lowest BCUT2D eigenvalue weighted by Gasteiger charge is -2.12. The monoisotopic (exact) mass is 312 g/mol. The lowest BCUT2D eigenvalue weighted by molar-refractivity contribution is -0.141. The minimum atomic E-state index is -1.16. The number of aliphatic carboxylic acids is 1. The summed E-state index contributed by atoms with van der Waals surface area (Å²) in [5.41, 5.74) is 5.65. The predicted octanol–water partition coefficient (Wildman–Crippen LogP) is -1.79. The molecule has 1 atom stereocenters. The normalized spacial score (nSPS) is 11.3. The molecule has 1 heterocycles. The number of nitrogens with two attached hydrogens (primary N) is 1. The summed E-state index contributed by atoms with van der Waals surface area (Å²) >= 11 is 0. The number of aromatic nitrogens is 2. The summed E-state index contributed by atoms with van der Waals surface area (Å²) in [5.74, 6) is -1.72. The van der Waals surface area contributed by atoms with Gasteiger partial charge < -0.3 is 16.2 Å². The zero-order valence-corrected chi connectivity index (χ0v) is 11.2. The van der Waals surface area contributed by atoms with Crippen molar-refractivity contribution in [3.8, 4) is 0 Å². The van der Waals surface area contributed by atoms with E-state index in [1.807, 2.05) is 0 Å². The van der Waals surface area contributed by atoms with E-state index in [2.05, 4.69) is 10.3 Å². The van der Waals surface area contributed by atoms with Gasteiger partial charge in [-0.1, -0.05) is 6.92 Å². The number of carboxylic acid groups (broad SMARTS) is 1. The van der Waals surface area contributed by atoms with Crippen LogP contribution >= 0.6 is 0 Å². The van der Waals surface area contributed by atoms with Gasteiger partial charge in [0.05, 0.1) is 5.69 Å². The highest BCUT2D eigenvalue weighted by Crippen LogP contribution is 2.03. The highest BCUT2D eigenvalue weighted by molar-refractivity contribution is 5.83. The Morgan fingerprint density at radius 3 is 2.67 bits per heavy atom. The van der Waals surface area contributed by atoms with Crippen LogP contribution in [0.3, 0.4) is 0 Å². The minimum Gasteiger partial charge on any atom is -0.480 e. The fourth-order valence-corrected chi connectivity index (χ4v) is 1.59. The maximum atomic E-state index is 11.4. The van der Waals surface area contributed by atoms with E-state index in [1.54, 1.807) is 6.92 Å². The van der Waals surface area contributed by atoms with E-state index in [0.717, 1.165) is 0 Å². The van der Waals surface area contributed by atoms with Crippen LogP contribution in [0.4, 0.5) is 0 Å². The van der Waals surface area contributed by atoms with Crippen LogP contribution in [-0.2, 0) is 16.0 Å². The van der Waals surface area contributed by atoms with Crippen molar-refractivity contribution in [2.45, 2.75) is 32.2 Å². The summed E-state index contributed by atoms with van der Waals surface area (Å²) in [7, 11) is 0. The van der Waals surface area contributed by atoms with Gasteiger partial charge in [0.1, 0.15) is 12.4 Å². The van der Waals surface area contributed by atoms with E-state index in [0.29, 0.717) is 12.1 Å². The molecule has 1 aromatic heterocycles. The standard InChI is InChI=1S/C12H18N4O4.Al.3H/c1-2-11(18)16-6-8(14-7-16)5-9(12(19)20)15-10(17)3-4-13;;;;/h6-7,9H,2-5,13H2,1H3,(H,15,17)(H,19,20);;;;/t9-;;;;/m0..../s1. The van der Waals surface area contributed by atoms with E-state index in [9.17, 15) is 14.4 Å². The number of imidazole rings is 1. The average molecular weight is 312 g/mol. The van der Waals surface area contributed by atoms with Gasteiger partial charge >= 0.3 is 5.97 Å². The first-order valence-electron chi connectivity index (χ1n) is 6.26. The van der Waals surface area contributed by atoms with Crippen LogP contribution < -0.4 is 11.1 Å². The highest BCUT2D eigenvalue weighted by atomic mass is 27.0. The van der Waals surface area contributed by atoms with E-state index >= 15 is 0 Å². The van der Waals surface area contributed by atoms with Crippen LogP contribution in [0.5, 0.6) is 0 Å². The van der Waals surface area contributed by atoms with Gasteiger partial charge in [0.2, 0.25) is 11.8 Å². The van der Waals surface area contributed by atoms with Gasteiger partial charge in [-0.25, -0.2) is 9.78 Å². The first kappa shape index (κ1) is 19.3. The Morgan fingerprint density at radius 1 is 1.48 bits per heavy atom. The third-order valence-electron chi connectivity index (χ3n) is 2.64. The Bertz CT molecular complexity index is 503. The van der Waals surface area contributed by atoms with Crippen LogP contribution in [0.2, 0.25) is 0 Å². The van der Waals surface area contributed by atoms with Crippen LogP contribution in [0.15, 0.2) is 12.5 Å². The van der Waals surface area contributed by atoms with Gasteiger partial charge in [-0.05, 0) is 0 Å². The largest absolute Gasteiger partial charge is 0.480 e. The lowest BCUT2D eigenvalue weighted by Crippen LogP contribution is -2.42. The molecule has 0 unspecified atom stereocenters. The first-order chi connectivity index (χ1) is 9.47. The molecule has 0 bridgehead atoms. The summed E-state index contributed by atoms with van der Waals surface area (Å²) in [6, 6.07) is -1.09.